The van der Waals surface area contributed by atoms with Gasteiger partial charge in [0.25, 0.3) is 5.91 Å². The van der Waals surface area contributed by atoms with Crippen LogP contribution in [0.5, 0.6) is 5.75 Å². The second kappa shape index (κ2) is 11.5. The van der Waals surface area contributed by atoms with Crippen molar-refractivity contribution >= 4 is 34.2 Å². The van der Waals surface area contributed by atoms with E-state index in [0.717, 1.165) is 16.3 Å². The predicted molar refractivity (Wildman–Crippen MR) is 157 cm³/mol. The average molecular weight is 530 g/mol. The first kappa shape index (κ1) is 26.2. The average Bonchev–Trinajstić information content (AvgIpc) is 2.99. The molecular weight excluding hydrogens is 502 g/mol. The Hall–Kier alpha value is -5.43. The molecule has 5 aromatic rings. The van der Waals surface area contributed by atoms with Crippen LogP contribution in [-0.4, -0.2) is 24.8 Å². The number of fused-ring (bicyclic) bond motifs is 1. The normalized spacial score (nSPS) is 10.6. The van der Waals surface area contributed by atoms with E-state index in [0.29, 0.717) is 39.3 Å². The van der Waals surface area contributed by atoms with Gasteiger partial charge in [-0.3, -0.25) is 10.2 Å². The van der Waals surface area contributed by atoms with Gasteiger partial charge in [0.05, 0.1) is 12.7 Å². The van der Waals surface area contributed by atoms with E-state index >= 15 is 0 Å². The van der Waals surface area contributed by atoms with E-state index in [1.807, 2.05) is 60.7 Å². The smallest absolute Gasteiger partial charge is 0.339 e. The SMILES string of the molecule is COc1cccc2cc(C(=O)OCc3ccccc3)c(-c3ccccc3C(=O)Nc3ccc(C(=N)N)cc3)cc12. The van der Waals surface area contributed by atoms with Crippen molar-refractivity contribution in [2.75, 3.05) is 12.4 Å². The minimum Gasteiger partial charge on any atom is -0.496 e. The van der Waals surface area contributed by atoms with Crippen molar-refractivity contribution in [3.63, 3.8) is 0 Å². The number of nitrogens with two attached hydrogens (primary N) is 1. The molecule has 0 bridgehead atoms. The summed E-state index contributed by atoms with van der Waals surface area (Å²) in [6.45, 7) is 0.119. The van der Waals surface area contributed by atoms with Gasteiger partial charge >= 0.3 is 5.97 Å². The number of methoxy groups -OCH3 is 1. The summed E-state index contributed by atoms with van der Waals surface area (Å²) < 4.78 is 11.3. The highest BCUT2D eigenvalue weighted by Gasteiger charge is 2.21. The molecule has 0 unspecified atom stereocenters. The van der Waals surface area contributed by atoms with Crippen molar-refractivity contribution in [2.24, 2.45) is 5.73 Å². The number of nitrogens with one attached hydrogen (secondary N) is 2. The monoisotopic (exact) mass is 529 g/mol. The molecule has 7 heteroatoms. The molecule has 198 valence electrons. The Labute approximate surface area is 231 Å². The van der Waals surface area contributed by atoms with Crippen molar-refractivity contribution in [1.82, 2.24) is 0 Å². The third kappa shape index (κ3) is 5.54. The van der Waals surface area contributed by atoms with Gasteiger partial charge in [-0.15, -0.1) is 0 Å². The van der Waals surface area contributed by atoms with Crippen LogP contribution in [0.4, 0.5) is 5.69 Å². The fraction of sp³-hybridized carbons (Fsp3) is 0.0606. The lowest BCUT2D eigenvalue weighted by atomic mass is 9.92. The molecule has 5 rings (SSSR count). The van der Waals surface area contributed by atoms with E-state index in [2.05, 4.69) is 5.32 Å². The van der Waals surface area contributed by atoms with Crippen LogP contribution in [0.2, 0.25) is 0 Å². The first-order valence-corrected chi connectivity index (χ1v) is 12.6. The molecule has 0 fully saturated rings. The third-order valence-electron chi connectivity index (χ3n) is 6.55. The summed E-state index contributed by atoms with van der Waals surface area (Å²) in [5.41, 5.74) is 9.35. The Balaban J connectivity index is 1.56. The largest absolute Gasteiger partial charge is 0.496 e. The molecule has 0 aromatic heterocycles. The molecule has 7 nitrogen and oxygen atoms in total. The number of esters is 1. The molecule has 40 heavy (non-hydrogen) atoms. The van der Waals surface area contributed by atoms with Gasteiger partial charge < -0.3 is 20.5 Å². The van der Waals surface area contributed by atoms with Crippen molar-refractivity contribution in [3.8, 4) is 16.9 Å². The van der Waals surface area contributed by atoms with Gasteiger partial charge in [0.2, 0.25) is 0 Å². The minimum atomic E-state index is -0.501. The van der Waals surface area contributed by atoms with Crippen LogP contribution >= 0.6 is 0 Å². The molecule has 0 aliphatic rings. The van der Waals surface area contributed by atoms with Crippen LogP contribution in [0, 0.1) is 5.41 Å². The topological polar surface area (TPSA) is 114 Å². The first-order chi connectivity index (χ1) is 19.4. The van der Waals surface area contributed by atoms with Gasteiger partial charge in [-0.2, -0.15) is 0 Å². The molecule has 1 amide bonds. The lowest BCUT2D eigenvalue weighted by Crippen LogP contribution is -2.15. The zero-order valence-electron chi connectivity index (χ0n) is 21.8. The summed E-state index contributed by atoms with van der Waals surface area (Å²) in [4.78, 5) is 27.0. The van der Waals surface area contributed by atoms with Gasteiger partial charge in [0.15, 0.2) is 0 Å². The summed E-state index contributed by atoms with van der Waals surface area (Å²) >= 11 is 0. The zero-order valence-corrected chi connectivity index (χ0v) is 21.8. The maximum Gasteiger partial charge on any atom is 0.339 e. The van der Waals surface area contributed by atoms with Crippen LogP contribution < -0.4 is 15.8 Å². The molecule has 0 spiro atoms. The molecule has 0 heterocycles. The van der Waals surface area contributed by atoms with Gasteiger partial charge in [-0.1, -0.05) is 60.7 Å². The first-order valence-electron chi connectivity index (χ1n) is 12.6. The quantitative estimate of drug-likeness (QED) is 0.122. The van der Waals surface area contributed by atoms with Crippen molar-refractivity contribution in [2.45, 2.75) is 6.61 Å². The molecule has 0 aliphatic carbocycles. The zero-order chi connectivity index (χ0) is 28.1. The Bertz CT molecular complexity index is 1710. The number of benzene rings is 5. The number of nitrogen functional groups attached to an aromatic ring is 1. The molecular formula is C33H27N3O4. The van der Waals surface area contributed by atoms with E-state index in [1.54, 1.807) is 55.6 Å². The highest BCUT2D eigenvalue weighted by atomic mass is 16.5. The van der Waals surface area contributed by atoms with E-state index in [-0.39, 0.29) is 18.3 Å². The summed E-state index contributed by atoms with van der Waals surface area (Å²) in [5, 5.41) is 12.1. The maximum atomic E-state index is 13.5. The lowest BCUT2D eigenvalue weighted by molar-refractivity contribution is 0.0473. The maximum absolute atomic E-state index is 13.5. The third-order valence-corrected chi connectivity index (χ3v) is 6.55. The number of anilines is 1. The Morgan fingerprint density at radius 3 is 2.25 bits per heavy atom. The van der Waals surface area contributed by atoms with E-state index in [1.165, 1.54) is 0 Å². The highest BCUT2D eigenvalue weighted by molar-refractivity contribution is 6.12. The minimum absolute atomic E-state index is 0.0540. The molecule has 4 N–H and O–H groups in total. The molecule has 5 aromatic carbocycles. The highest BCUT2D eigenvalue weighted by Crippen LogP contribution is 2.35. The molecule has 0 aliphatic heterocycles. The van der Waals surface area contributed by atoms with E-state index in [9.17, 15) is 9.59 Å². The molecule has 0 atom stereocenters. The molecule has 0 saturated carbocycles. The number of carbonyl (C=O) groups excluding carboxylic acids is 2. The van der Waals surface area contributed by atoms with Crippen molar-refractivity contribution < 1.29 is 19.1 Å². The standard InChI is InChI=1S/C33H27N3O4/c1-39-30-13-7-10-23-18-29(33(38)40-20-21-8-3-2-4-9-21)28(19-27(23)30)25-11-5-6-12-26(25)32(37)36-24-16-14-22(15-17-24)31(34)35/h2-19H,20H2,1H3,(H3,34,35)(H,36,37). The fourth-order valence-corrected chi connectivity index (χ4v) is 4.51. The van der Waals surface area contributed by atoms with Gasteiger partial charge in [-0.25, -0.2) is 4.79 Å². The van der Waals surface area contributed by atoms with Crippen LogP contribution in [0.1, 0.15) is 31.8 Å². The van der Waals surface area contributed by atoms with Crippen molar-refractivity contribution in [3.05, 3.63) is 131 Å². The van der Waals surface area contributed by atoms with Gasteiger partial charge in [0, 0.05) is 22.2 Å². The predicted octanol–water partition coefficient (Wildman–Crippen LogP) is 6.41. The van der Waals surface area contributed by atoms with Crippen LogP contribution in [0.3, 0.4) is 0 Å². The van der Waals surface area contributed by atoms with E-state index in [4.69, 9.17) is 20.6 Å². The summed E-state index contributed by atoms with van der Waals surface area (Å²) in [6.07, 6.45) is 0. The summed E-state index contributed by atoms with van der Waals surface area (Å²) in [6, 6.07) is 32.5. The Morgan fingerprint density at radius 2 is 1.52 bits per heavy atom. The number of carbonyl (C=O) groups is 2. The number of ether oxygens (including phenoxy) is 2. The van der Waals surface area contributed by atoms with Gasteiger partial charge in [-0.05, 0) is 70.6 Å². The number of amides is 1. The summed E-state index contributed by atoms with van der Waals surface area (Å²) in [5.74, 6) is -0.259. The molecule has 0 radical (unpaired) electrons. The number of rotatable bonds is 8. The molecule has 0 saturated heterocycles. The van der Waals surface area contributed by atoms with Crippen LogP contribution in [0.15, 0.2) is 109 Å². The van der Waals surface area contributed by atoms with Crippen molar-refractivity contribution in [1.29, 1.82) is 5.41 Å². The Morgan fingerprint density at radius 1 is 0.800 bits per heavy atom. The summed E-state index contributed by atoms with van der Waals surface area (Å²) in [7, 11) is 1.59. The van der Waals surface area contributed by atoms with Crippen LogP contribution in [0.25, 0.3) is 21.9 Å². The van der Waals surface area contributed by atoms with E-state index < -0.39 is 5.97 Å². The number of hydrogen-bond donors (Lipinski definition) is 3. The van der Waals surface area contributed by atoms with Gasteiger partial charge in [0.1, 0.15) is 18.2 Å². The number of hydrogen-bond acceptors (Lipinski definition) is 5. The van der Waals surface area contributed by atoms with Crippen LogP contribution in [-0.2, 0) is 11.3 Å². The number of amidine groups is 1. The second-order valence-electron chi connectivity index (χ2n) is 9.13. The second-order valence-corrected chi connectivity index (χ2v) is 9.13. The Kier molecular flexibility index (Phi) is 7.55. The lowest BCUT2D eigenvalue weighted by Gasteiger charge is -2.16. The fourth-order valence-electron chi connectivity index (χ4n) is 4.51.